The second-order valence-corrected chi connectivity index (χ2v) is 5.08. The fraction of sp³-hybridized carbons (Fsp3) is 0.769. The van der Waals surface area contributed by atoms with Crippen molar-refractivity contribution >= 4 is 0 Å². The minimum Gasteiger partial charge on any atom is -0.488 e. The minimum atomic E-state index is 0.214. The van der Waals surface area contributed by atoms with Gasteiger partial charge >= 0.3 is 0 Å². The Hall–Kier alpha value is -1.07. The molecule has 102 valence electrons. The molecular weight excluding hydrogens is 230 g/mol. The van der Waals surface area contributed by atoms with Gasteiger partial charge in [0.15, 0.2) is 5.75 Å². The van der Waals surface area contributed by atoms with Crippen molar-refractivity contribution in [3.05, 3.63) is 12.4 Å². The molecule has 1 aliphatic heterocycles. The largest absolute Gasteiger partial charge is 0.488 e. The number of nitrogens with one attached hydrogen (secondary N) is 1. The first-order chi connectivity index (χ1) is 8.69. The summed E-state index contributed by atoms with van der Waals surface area (Å²) >= 11 is 0. The van der Waals surface area contributed by atoms with E-state index in [1.165, 1.54) is 0 Å². The Morgan fingerprint density at radius 2 is 2.28 bits per heavy atom. The zero-order valence-corrected chi connectivity index (χ0v) is 11.4. The van der Waals surface area contributed by atoms with Crippen LogP contribution in [0.1, 0.15) is 32.7 Å². The first kappa shape index (κ1) is 13.4. The molecule has 1 aliphatic rings. The van der Waals surface area contributed by atoms with Crippen molar-refractivity contribution in [3.8, 4) is 5.75 Å². The Bertz CT molecular complexity index is 365. The van der Waals surface area contributed by atoms with E-state index in [4.69, 9.17) is 9.47 Å². The molecule has 0 bridgehead atoms. The van der Waals surface area contributed by atoms with Gasteiger partial charge in [0.25, 0.3) is 0 Å². The molecule has 18 heavy (non-hydrogen) atoms. The zero-order chi connectivity index (χ0) is 13.0. The number of hydrogen-bond acceptors (Lipinski definition) is 4. The van der Waals surface area contributed by atoms with Crippen molar-refractivity contribution in [3.63, 3.8) is 0 Å². The predicted molar refractivity (Wildman–Crippen MR) is 69.9 cm³/mol. The van der Waals surface area contributed by atoms with Gasteiger partial charge in [-0.3, -0.25) is 4.68 Å². The monoisotopic (exact) mass is 253 g/mol. The predicted octanol–water partition coefficient (Wildman–Crippen LogP) is 1.61. The van der Waals surface area contributed by atoms with Gasteiger partial charge in [-0.15, -0.1) is 0 Å². The molecule has 2 atom stereocenters. The maximum absolute atomic E-state index is 5.86. The molecule has 1 fully saturated rings. The molecular formula is C13H23N3O2. The van der Waals surface area contributed by atoms with Crippen LogP contribution in [0.3, 0.4) is 0 Å². The highest BCUT2D eigenvalue weighted by Gasteiger charge is 2.25. The number of ether oxygens (including phenoxy) is 2. The molecule has 0 spiro atoms. The number of rotatable bonds is 6. The maximum Gasteiger partial charge on any atom is 0.157 e. The number of likely N-dealkylation sites (N-methyl/N-ethyl adjacent to an activating group) is 1. The molecule has 5 nitrogen and oxygen atoms in total. The summed E-state index contributed by atoms with van der Waals surface area (Å²) in [4.78, 5) is 0. The smallest absolute Gasteiger partial charge is 0.157 e. The summed E-state index contributed by atoms with van der Waals surface area (Å²) in [7, 11) is 1.95. The van der Waals surface area contributed by atoms with Crippen LogP contribution in [0.5, 0.6) is 5.75 Å². The second kappa shape index (κ2) is 6.20. The fourth-order valence-corrected chi connectivity index (χ4v) is 2.15. The normalized spacial score (nSPS) is 23.8. The molecule has 1 aromatic heterocycles. The van der Waals surface area contributed by atoms with Crippen molar-refractivity contribution in [2.24, 2.45) is 0 Å². The topological polar surface area (TPSA) is 48.3 Å². The van der Waals surface area contributed by atoms with Crippen LogP contribution in [0.4, 0.5) is 0 Å². The van der Waals surface area contributed by atoms with Gasteiger partial charge in [0.05, 0.1) is 24.6 Å². The highest BCUT2D eigenvalue weighted by molar-refractivity contribution is 5.12. The average molecular weight is 253 g/mol. The van der Waals surface area contributed by atoms with Gasteiger partial charge in [0.2, 0.25) is 0 Å². The number of nitrogens with zero attached hydrogens (tertiary/aromatic N) is 2. The Balaban J connectivity index is 1.74. The molecule has 1 aromatic rings. The van der Waals surface area contributed by atoms with Crippen LogP contribution in [-0.4, -0.2) is 42.2 Å². The summed E-state index contributed by atoms with van der Waals surface area (Å²) in [6.45, 7) is 5.73. The van der Waals surface area contributed by atoms with Crippen molar-refractivity contribution in [2.45, 2.75) is 44.9 Å². The average Bonchev–Trinajstić information content (AvgIpc) is 2.95. The molecule has 2 heterocycles. The lowest BCUT2D eigenvalue weighted by molar-refractivity contribution is 0.0193. The van der Waals surface area contributed by atoms with Gasteiger partial charge < -0.3 is 14.8 Å². The second-order valence-electron chi connectivity index (χ2n) is 5.08. The van der Waals surface area contributed by atoms with Crippen LogP contribution in [0.25, 0.3) is 0 Å². The lowest BCUT2D eigenvalue weighted by atomic mass is 10.2. The molecule has 2 unspecified atom stereocenters. The third-order valence-corrected chi connectivity index (χ3v) is 3.17. The first-order valence-corrected chi connectivity index (χ1v) is 6.66. The summed E-state index contributed by atoms with van der Waals surface area (Å²) in [5.74, 6) is 0.823. The zero-order valence-electron chi connectivity index (χ0n) is 11.4. The molecule has 0 amide bonds. The highest BCUT2D eigenvalue weighted by atomic mass is 16.5. The van der Waals surface area contributed by atoms with Crippen molar-refractivity contribution in [1.29, 1.82) is 0 Å². The minimum absolute atomic E-state index is 0.214. The molecule has 0 aromatic carbocycles. The van der Waals surface area contributed by atoms with Crippen LogP contribution >= 0.6 is 0 Å². The maximum atomic E-state index is 5.86. The van der Waals surface area contributed by atoms with E-state index in [1.807, 2.05) is 17.9 Å². The molecule has 2 rings (SSSR count). The quantitative estimate of drug-likeness (QED) is 0.836. The molecule has 0 radical (unpaired) electrons. The van der Waals surface area contributed by atoms with Crippen molar-refractivity contribution in [1.82, 2.24) is 15.1 Å². The lowest BCUT2D eigenvalue weighted by Crippen LogP contribution is -2.25. The molecule has 0 saturated carbocycles. The van der Waals surface area contributed by atoms with Crippen LogP contribution in [-0.2, 0) is 4.74 Å². The van der Waals surface area contributed by atoms with E-state index < -0.39 is 0 Å². The summed E-state index contributed by atoms with van der Waals surface area (Å²) in [6, 6.07) is 0.366. The fourth-order valence-electron chi connectivity index (χ4n) is 2.15. The number of aromatic nitrogens is 2. The van der Waals surface area contributed by atoms with E-state index in [0.29, 0.717) is 18.8 Å². The summed E-state index contributed by atoms with van der Waals surface area (Å²) in [5.41, 5.74) is 0. The van der Waals surface area contributed by atoms with E-state index in [0.717, 1.165) is 25.1 Å². The van der Waals surface area contributed by atoms with E-state index in [-0.39, 0.29) is 6.10 Å². The SMILES string of the molecule is CNCC1CCC(COc2cnn(C(C)C)c2)O1. The van der Waals surface area contributed by atoms with Gasteiger partial charge in [-0.2, -0.15) is 5.10 Å². The van der Waals surface area contributed by atoms with Gasteiger partial charge in [-0.25, -0.2) is 0 Å². The van der Waals surface area contributed by atoms with Gasteiger partial charge in [0, 0.05) is 12.6 Å². The highest BCUT2D eigenvalue weighted by Crippen LogP contribution is 2.20. The molecule has 5 heteroatoms. The van der Waals surface area contributed by atoms with Gasteiger partial charge in [0.1, 0.15) is 6.61 Å². The van der Waals surface area contributed by atoms with Crippen molar-refractivity contribution in [2.75, 3.05) is 20.2 Å². The van der Waals surface area contributed by atoms with Crippen molar-refractivity contribution < 1.29 is 9.47 Å². The molecule has 1 N–H and O–H groups in total. The standard InChI is InChI=1S/C13H23N3O2/c1-10(2)16-8-13(7-15-16)17-9-12-5-4-11(18-12)6-14-3/h7-8,10-12,14H,4-6,9H2,1-3H3. The Morgan fingerprint density at radius 1 is 1.50 bits per heavy atom. The van der Waals surface area contributed by atoms with E-state index in [2.05, 4.69) is 24.3 Å². The van der Waals surface area contributed by atoms with Gasteiger partial charge in [-0.05, 0) is 33.7 Å². The Labute approximate surface area is 108 Å². The third kappa shape index (κ3) is 3.46. The van der Waals surface area contributed by atoms with Crippen LogP contribution in [0, 0.1) is 0 Å². The molecule has 0 aliphatic carbocycles. The third-order valence-electron chi connectivity index (χ3n) is 3.17. The van der Waals surface area contributed by atoms with Crippen LogP contribution in [0.2, 0.25) is 0 Å². The Morgan fingerprint density at radius 3 is 2.94 bits per heavy atom. The molecule has 1 saturated heterocycles. The Kier molecular flexibility index (Phi) is 4.60. The summed E-state index contributed by atoms with van der Waals surface area (Å²) in [6.07, 6.45) is 6.43. The van der Waals surface area contributed by atoms with E-state index in [9.17, 15) is 0 Å². The number of hydrogen-bond donors (Lipinski definition) is 1. The van der Waals surface area contributed by atoms with Gasteiger partial charge in [-0.1, -0.05) is 0 Å². The summed E-state index contributed by atoms with van der Waals surface area (Å²) in [5, 5.41) is 7.39. The van der Waals surface area contributed by atoms with E-state index >= 15 is 0 Å². The van der Waals surface area contributed by atoms with Crippen LogP contribution < -0.4 is 10.1 Å². The van der Waals surface area contributed by atoms with E-state index in [1.54, 1.807) is 6.20 Å². The first-order valence-electron chi connectivity index (χ1n) is 6.66. The van der Waals surface area contributed by atoms with Crippen LogP contribution in [0.15, 0.2) is 12.4 Å². The lowest BCUT2D eigenvalue weighted by Gasteiger charge is -2.13. The summed E-state index contributed by atoms with van der Waals surface area (Å²) < 4.78 is 13.5.